The molecule has 0 bridgehead atoms. The Hall–Kier alpha value is -4.45. The predicted octanol–water partition coefficient (Wildman–Crippen LogP) is 6.57. The fourth-order valence-electron chi connectivity index (χ4n) is 3.70. The highest BCUT2D eigenvalue weighted by Gasteiger charge is 2.35. The van der Waals surface area contributed by atoms with Crippen LogP contribution >= 0.6 is 22.9 Å². The van der Waals surface area contributed by atoms with Crippen molar-refractivity contribution in [2.24, 2.45) is 0 Å². The van der Waals surface area contributed by atoms with Crippen LogP contribution in [0.15, 0.2) is 48.7 Å². The Morgan fingerprint density at radius 2 is 1.98 bits per heavy atom. The summed E-state index contributed by atoms with van der Waals surface area (Å²) < 4.78 is 44.3. The van der Waals surface area contributed by atoms with Crippen molar-refractivity contribution in [1.82, 2.24) is 20.1 Å². The first kappa shape index (κ1) is 30.5. The highest BCUT2D eigenvalue weighted by atomic mass is 35.5. The fourth-order valence-corrected chi connectivity index (χ4v) is 4.55. The Bertz CT molecular complexity index is 1680. The maximum Gasteiger partial charge on any atom is 0.445 e. The molecule has 0 saturated heterocycles. The topological polar surface area (TPSA) is 128 Å². The summed E-state index contributed by atoms with van der Waals surface area (Å²) in [5.74, 6) is 0.0510. The zero-order chi connectivity index (χ0) is 30.4. The Kier molecular flexibility index (Phi) is 9.46. The average molecular weight is 617 g/mol. The van der Waals surface area contributed by atoms with Crippen LogP contribution in [0.2, 0.25) is 5.02 Å². The molecule has 2 heterocycles. The van der Waals surface area contributed by atoms with Crippen LogP contribution in [0.5, 0.6) is 5.75 Å². The Balaban J connectivity index is 1.66. The maximum absolute atomic E-state index is 12.9. The van der Waals surface area contributed by atoms with E-state index in [2.05, 4.69) is 37.2 Å². The second-order valence-electron chi connectivity index (χ2n) is 8.97. The number of amides is 1. The summed E-state index contributed by atoms with van der Waals surface area (Å²) in [5, 5.41) is 24.7. The van der Waals surface area contributed by atoms with Gasteiger partial charge < -0.3 is 25.6 Å². The van der Waals surface area contributed by atoms with Gasteiger partial charge in [0.05, 0.1) is 39.8 Å². The fraction of sp³-hybridized carbons (Fsp3) is 0.222. The SMILES string of the molecule is CCOc1cc2ncc(C#N)c(Nc3ccc(Nc4nnc(C(F)(F)F)s4)c(Cl)c3)c2cc1NC(=O)C=CCN(C)C. The van der Waals surface area contributed by atoms with Gasteiger partial charge in [0.2, 0.25) is 16.0 Å². The van der Waals surface area contributed by atoms with Crippen LogP contribution in [0.4, 0.5) is 41.1 Å². The molecular formula is C27H24ClF3N8O2S. The Labute approximate surface area is 247 Å². The van der Waals surface area contributed by atoms with Crippen molar-refractivity contribution in [1.29, 1.82) is 5.26 Å². The van der Waals surface area contributed by atoms with Crippen LogP contribution in [0.3, 0.4) is 0 Å². The van der Waals surface area contributed by atoms with Gasteiger partial charge in [-0.15, -0.1) is 10.2 Å². The summed E-state index contributed by atoms with van der Waals surface area (Å²) in [7, 11) is 3.77. The van der Waals surface area contributed by atoms with Crippen molar-refractivity contribution in [2.45, 2.75) is 13.1 Å². The van der Waals surface area contributed by atoms with E-state index in [1.165, 1.54) is 18.3 Å². The molecule has 15 heteroatoms. The molecule has 2 aromatic carbocycles. The molecule has 10 nitrogen and oxygen atoms in total. The molecule has 0 unspecified atom stereocenters. The van der Waals surface area contributed by atoms with Gasteiger partial charge in [0.25, 0.3) is 0 Å². The number of fused-ring (bicyclic) bond motifs is 1. The molecule has 2 aromatic heterocycles. The minimum atomic E-state index is -4.60. The minimum Gasteiger partial charge on any atom is -0.492 e. The third-order valence-electron chi connectivity index (χ3n) is 5.53. The number of hydrogen-bond donors (Lipinski definition) is 3. The summed E-state index contributed by atoms with van der Waals surface area (Å²) in [6.45, 7) is 2.74. The lowest BCUT2D eigenvalue weighted by molar-refractivity contribution is -0.138. The standard InChI is InChI=1S/C27H24ClF3N8O2S/c1-4-41-22-12-20-17(11-21(22)35-23(40)6-5-9-39(2)3)24(15(13-32)14-33-20)34-16-7-8-19(18(28)10-16)36-26-38-37-25(42-26)27(29,30)31/h5-8,10-12,14H,4,9H2,1-3H3,(H,33,34)(H,35,40)(H,36,38). The van der Waals surface area contributed by atoms with Gasteiger partial charge in [-0.1, -0.05) is 29.0 Å². The number of nitriles is 1. The molecule has 0 aliphatic rings. The molecule has 0 radical (unpaired) electrons. The molecule has 0 spiro atoms. The highest BCUT2D eigenvalue weighted by molar-refractivity contribution is 7.15. The van der Waals surface area contributed by atoms with Crippen LogP contribution in [0.1, 0.15) is 17.5 Å². The van der Waals surface area contributed by atoms with E-state index in [1.54, 1.807) is 30.3 Å². The second-order valence-corrected chi connectivity index (χ2v) is 10.4. The number of likely N-dealkylation sites (N-methyl/N-ethyl adjacent to an activating group) is 1. The molecule has 1 amide bonds. The number of aromatic nitrogens is 3. The monoisotopic (exact) mass is 616 g/mol. The number of pyridine rings is 1. The molecule has 4 rings (SSSR count). The van der Waals surface area contributed by atoms with Gasteiger partial charge in [0.15, 0.2) is 0 Å². The van der Waals surface area contributed by atoms with Gasteiger partial charge >= 0.3 is 6.18 Å². The lowest BCUT2D eigenvalue weighted by Gasteiger charge is -2.16. The van der Waals surface area contributed by atoms with Gasteiger partial charge in [-0.25, -0.2) is 0 Å². The number of carbonyl (C=O) groups excluding carboxylic acids is 1. The number of alkyl halides is 3. The van der Waals surface area contributed by atoms with Gasteiger partial charge in [0, 0.05) is 36.0 Å². The summed E-state index contributed by atoms with van der Waals surface area (Å²) >= 11 is 6.76. The van der Waals surface area contributed by atoms with E-state index in [1.807, 2.05) is 25.9 Å². The third-order valence-corrected chi connectivity index (χ3v) is 6.73. The van der Waals surface area contributed by atoms with Crippen LogP contribution < -0.4 is 20.7 Å². The molecule has 0 saturated carbocycles. The number of nitrogens with zero attached hydrogens (tertiary/aromatic N) is 5. The lowest BCUT2D eigenvalue weighted by atomic mass is 10.1. The number of halogens is 4. The zero-order valence-electron chi connectivity index (χ0n) is 22.5. The second kappa shape index (κ2) is 13.0. The summed E-state index contributed by atoms with van der Waals surface area (Å²) in [6.07, 6.45) is -0.0441. The number of nitrogens with one attached hydrogen (secondary N) is 3. The van der Waals surface area contributed by atoms with E-state index in [0.29, 0.717) is 63.9 Å². The lowest BCUT2D eigenvalue weighted by Crippen LogP contribution is -2.13. The van der Waals surface area contributed by atoms with E-state index in [0.717, 1.165) is 0 Å². The molecule has 0 aliphatic carbocycles. The van der Waals surface area contributed by atoms with Crippen molar-refractivity contribution in [3.63, 3.8) is 0 Å². The molecule has 0 atom stereocenters. The van der Waals surface area contributed by atoms with Crippen LogP contribution in [-0.4, -0.2) is 53.2 Å². The summed E-state index contributed by atoms with van der Waals surface area (Å²) in [6, 6.07) is 10.2. The van der Waals surface area contributed by atoms with E-state index >= 15 is 0 Å². The minimum absolute atomic E-state index is 0.0759. The number of ether oxygens (including phenoxy) is 1. The van der Waals surface area contributed by atoms with Crippen molar-refractivity contribution < 1.29 is 22.7 Å². The quantitative estimate of drug-likeness (QED) is 0.169. The van der Waals surface area contributed by atoms with Gasteiger partial charge in [-0.3, -0.25) is 9.78 Å². The molecule has 0 fully saturated rings. The van der Waals surface area contributed by atoms with Gasteiger partial charge in [0.1, 0.15) is 11.8 Å². The molecule has 4 aromatic rings. The number of anilines is 5. The van der Waals surface area contributed by atoms with Crippen LogP contribution in [0, 0.1) is 11.3 Å². The van der Waals surface area contributed by atoms with Crippen LogP contribution in [0.25, 0.3) is 10.9 Å². The zero-order valence-corrected chi connectivity index (χ0v) is 24.1. The number of hydrogen-bond acceptors (Lipinski definition) is 10. The maximum atomic E-state index is 12.9. The molecular weight excluding hydrogens is 593 g/mol. The first-order chi connectivity index (χ1) is 20.0. The van der Waals surface area contributed by atoms with E-state index < -0.39 is 11.2 Å². The normalized spacial score (nSPS) is 11.6. The third kappa shape index (κ3) is 7.43. The van der Waals surface area contributed by atoms with Crippen LogP contribution in [-0.2, 0) is 11.0 Å². The van der Waals surface area contributed by atoms with E-state index in [9.17, 15) is 23.2 Å². The molecule has 42 heavy (non-hydrogen) atoms. The van der Waals surface area contributed by atoms with E-state index in [4.69, 9.17) is 16.3 Å². The molecule has 0 aliphatic heterocycles. The number of rotatable bonds is 10. The van der Waals surface area contributed by atoms with Crippen molar-refractivity contribution in [3.05, 3.63) is 64.3 Å². The predicted molar refractivity (Wildman–Crippen MR) is 157 cm³/mol. The van der Waals surface area contributed by atoms with Crippen molar-refractivity contribution in [3.8, 4) is 11.8 Å². The van der Waals surface area contributed by atoms with Crippen molar-refractivity contribution in [2.75, 3.05) is 43.2 Å². The highest BCUT2D eigenvalue weighted by Crippen LogP contribution is 2.38. The summed E-state index contributed by atoms with van der Waals surface area (Å²) in [4.78, 5) is 18.9. The first-order valence-electron chi connectivity index (χ1n) is 12.3. The number of benzene rings is 2. The Morgan fingerprint density at radius 1 is 1.19 bits per heavy atom. The largest absolute Gasteiger partial charge is 0.492 e. The molecule has 218 valence electrons. The average Bonchev–Trinajstić information content (AvgIpc) is 3.40. The Morgan fingerprint density at radius 3 is 2.62 bits per heavy atom. The smallest absolute Gasteiger partial charge is 0.445 e. The van der Waals surface area contributed by atoms with Gasteiger partial charge in [-0.2, -0.15) is 18.4 Å². The molecule has 3 N–H and O–H groups in total. The first-order valence-corrected chi connectivity index (χ1v) is 13.5. The van der Waals surface area contributed by atoms with Gasteiger partial charge in [-0.05, 0) is 45.3 Å². The van der Waals surface area contributed by atoms with E-state index in [-0.39, 0.29) is 21.6 Å². The number of carbonyl (C=O) groups is 1. The van der Waals surface area contributed by atoms with Crippen molar-refractivity contribution >= 4 is 67.6 Å². The summed E-state index contributed by atoms with van der Waals surface area (Å²) in [5.41, 5.74) is 2.30.